The number of carbonyl (C=O) groups is 2. The lowest BCUT2D eigenvalue weighted by molar-refractivity contribution is -0.137. The summed E-state index contributed by atoms with van der Waals surface area (Å²) in [5, 5.41) is 3.68. The van der Waals surface area contributed by atoms with Gasteiger partial charge >= 0.3 is 0 Å². The minimum Gasteiger partial charge on any atom is -0.484 e. The van der Waals surface area contributed by atoms with Gasteiger partial charge in [-0.2, -0.15) is 0 Å². The Kier molecular flexibility index (Phi) is 5.76. The third-order valence-corrected chi connectivity index (χ3v) is 5.42. The number of rotatable bonds is 6. The molecule has 1 N–H and O–H groups in total. The van der Waals surface area contributed by atoms with Crippen molar-refractivity contribution in [1.82, 2.24) is 14.8 Å². The van der Waals surface area contributed by atoms with Crippen LogP contribution in [0.2, 0.25) is 0 Å². The molecule has 0 atom stereocenters. The molecule has 8 heteroatoms. The number of benzene rings is 1. The summed E-state index contributed by atoms with van der Waals surface area (Å²) < 4.78 is 18.3. The Morgan fingerprint density at radius 3 is 2.73 bits per heavy atom. The molecular weight excluding hydrogens is 386 g/mol. The molecule has 1 saturated heterocycles. The highest BCUT2D eigenvalue weighted by atomic mass is 16.5. The van der Waals surface area contributed by atoms with E-state index in [1.54, 1.807) is 17.2 Å². The highest BCUT2D eigenvalue weighted by molar-refractivity contribution is 6.08. The summed E-state index contributed by atoms with van der Waals surface area (Å²) in [4.78, 5) is 27.0. The van der Waals surface area contributed by atoms with Gasteiger partial charge in [0.1, 0.15) is 11.5 Å². The number of hydrogen-bond donors (Lipinski definition) is 1. The van der Waals surface area contributed by atoms with E-state index in [1.165, 1.54) is 0 Å². The van der Waals surface area contributed by atoms with Crippen molar-refractivity contribution in [2.45, 2.75) is 13.5 Å². The molecule has 0 bridgehead atoms. The molecule has 0 aliphatic carbocycles. The van der Waals surface area contributed by atoms with Crippen LogP contribution in [0.15, 0.2) is 41.0 Å². The Balaban J connectivity index is 1.51. The van der Waals surface area contributed by atoms with Gasteiger partial charge in [0, 0.05) is 36.7 Å². The van der Waals surface area contributed by atoms with Gasteiger partial charge in [0.25, 0.3) is 11.8 Å². The van der Waals surface area contributed by atoms with E-state index in [4.69, 9.17) is 13.9 Å². The van der Waals surface area contributed by atoms with Gasteiger partial charge in [-0.3, -0.25) is 9.59 Å². The molecule has 3 heterocycles. The minimum absolute atomic E-state index is 0.0443. The number of morpholine rings is 1. The number of furan rings is 1. The van der Waals surface area contributed by atoms with E-state index in [9.17, 15) is 9.59 Å². The van der Waals surface area contributed by atoms with Gasteiger partial charge in [0.15, 0.2) is 6.61 Å². The van der Waals surface area contributed by atoms with Crippen LogP contribution < -0.4 is 10.1 Å². The van der Waals surface area contributed by atoms with Crippen LogP contribution in [0.1, 0.15) is 21.8 Å². The summed E-state index contributed by atoms with van der Waals surface area (Å²) in [5.74, 6) is 0.983. The van der Waals surface area contributed by atoms with Crippen molar-refractivity contribution in [2.24, 2.45) is 7.05 Å². The molecule has 1 aliphatic heterocycles. The molecule has 0 radical (unpaired) electrons. The third-order valence-electron chi connectivity index (χ3n) is 5.42. The van der Waals surface area contributed by atoms with Crippen molar-refractivity contribution >= 4 is 22.7 Å². The first-order chi connectivity index (χ1) is 14.5. The molecule has 0 spiro atoms. The molecule has 1 fully saturated rings. The van der Waals surface area contributed by atoms with Crippen LogP contribution in [0.5, 0.6) is 5.75 Å². The van der Waals surface area contributed by atoms with Crippen LogP contribution in [0.4, 0.5) is 0 Å². The van der Waals surface area contributed by atoms with Crippen molar-refractivity contribution in [2.75, 3.05) is 32.9 Å². The number of amides is 2. The zero-order valence-corrected chi connectivity index (χ0v) is 17.1. The lowest BCUT2D eigenvalue weighted by atomic mass is 10.1. The Morgan fingerprint density at radius 2 is 2.00 bits per heavy atom. The Bertz CT molecular complexity index is 1050. The first-order valence-corrected chi connectivity index (χ1v) is 9.92. The molecule has 30 heavy (non-hydrogen) atoms. The fourth-order valence-corrected chi connectivity index (χ4v) is 3.65. The maximum Gasteiger partial charge on any atom is 0.260 e. The zero-order valence-electron chi connectivity index (χ0n) is 17.1. The molecule has 1 aliphatic rings. The number of hydrogen-bond acceptors (Lipinski definition) is 5. The summed E-state index contributed by atoms with van der Waals surface area (Å²) in [6.45, 7) is 4.45. The van der Waals surface area contributed by atoms with E-state index in [0.29, 0.717) is 49.9 Å². The average Bonchev–Trinajstić information content (AvgIpc) is 3.38. The van der Waals surface area contributed by atoms with E-state index in [2.05, 4.69) is 5.32 Å². The molecule has 1 aromatic carbocycles. The van der Waals surface area contributed by atoms with Gasteiger partial charge in [-0.15, -0.1) is 0 Å². The van der Waals surface area contributed by atoms with Crippen LogP contribution in [0.25, 0.3) is 10.9 Å². The van der Waals surface area contributed by atoms with E-state index < -0.39 is 0 Å². The summed E-state index contributed by atoms with van der Waals surface area (Å²) in [7, 11) is 1.92. The molecule has 0 saturated carbocycles. The SMILES string of the molecule is Cc1c(C(=O)NCc2ccco2)c2cc(OCC(=O)N3CCOCC3)ccc2n1C. The maximum absolute atomic E-state index is 12.9. The summed E-state index contributed by atoms with van der Waals surface area (Å²) >= 11 is 0. The second-order valence-corrected chi connectivity index (χ2v) is 7.24. The topological polar surface area (TPSA) is 85.9 Å². The predicted molar refractivity (Wildman–Crippen MR) is 110 cm³/mol. The first kappa shape index (κ1) is 20.0. The number of ether oxygens (including phenoxy) is 2. The molecule has 3 aromatic rings. The van der Waals surface area contributed by atoms with Crippen LogP contribution in [0, 0.1) is 6.92 Å². The van der Waals surface area contributed by atoms with Gasteiger partial charge in [0.05, 0.1) is 31.6 Å². The van der Waals surface area contributed by atoms with Gasteiger partial charge in [-0.1, -0.05) is 0 Å². The Morgan fingerprint density at radius 1 is 1.20 bits per heavy atom. The quantitative estimate of drug-likeness (QED) is 0.672. The molecule has 2 aromatic heterocycles. The van der Waals surface area contributed by atoms with Crippen molar-refractivity contribution in [3.8, 4) is 5.75 Å². The molecule has 8 nitrogen and oxygen atoms in total. The molecule has 2 amide bonds. The van der Waals surface area contributed by atoms with E-state index in [-0.39, 0.29) is 18.4 Å². The number of aryl methyl sites for hydroxylation is 1. The molecule has 158 valence electrons. The van der Waals surface area contributed by atoms with Crippen molar-refractivity contribution < 1.29 is 23.5 Å². The van der Waals surface area contributed by atoms with Gasteiger partial charge in [0.2, 0.25) is 0 Å². The summed E-state index contributed by atoms with van der Waals surface area (Å²) in [5.41, 5.74) is 2.36. The van der Waals surface area contributed by atoms with E-state index in [1.807, 2.05) is 42.8 Å². The third kappa shape index (κ3) is 4.04. The zero-order chi connectivity index (χ0) is 21.1. The standard InChI is InChI=1S/C22H25N3O5/c1-15-21(22(27)23-13-17-4-3-9-29-17)18-12-16(5-6-19(18)24(15)2)30-14-20(26)25-7-10-28-11-8-25/h3-6,9,12H,7-8,10-11,13-14H2,1-2H3,(H,23,27). The number of nitrogens with zero attached hydrogens (tertiary/aromatic N) is 2. The van der Waals surface area contributed by atoms with Crippen molar-refractivity contribution in [3.05, 3.63) is 53.6 Å². The summed E-state index contributed by atoms with van der Waals surface area (Å²) in [6, 6.07) is 9.13. The average molecular weight is 411 g/mol. The number of aromatic nitrogens is 1. The van der Waals surface area contributed by atoms with Crippen molar-refractivity contribution in [1.29, 1.82) is 0 Å². The van der Waals surface area contributed by atoms with Gasteiger partial charge < -0.3 is 28.7 Å². The number of fused-ring (bicyclic) bond motifs is 1. The fourth-order valence-electron chi connectivity index (χ4n) is 3.65. The second kappa shape index (κ2) is 8.62. The maximum atomic E-state index is 12.9. The Hall–Kier alpha value is -3.26. The highest BCUT2D eigenvalue weighted by Crippen LogP contribution is 2.29. The van der Waals surface area contributed by atoms with Crippen LogP contribution >= 0.6 is 0 Å². The first-order valence-electron chi connectivity index (χ1n) is 9.92. The lowest BCUT2D eigenvalue weighted by Crippen LogP contribution is -2.42. The number of nitrogens with one attached hydrogen (secondary N) is 1. The van der Waals surface area contributed by atoms with E-state index >= 15 is 0 Å². The highest BCUT2D eigenvalue weighted by Gasteiger charge is 2.20. The second-order valence-electron chi connectivity index (χ2n) is 7.24. The van der Waals surface area contributed by atoms with Crippen LogP contribution in [0.3, 0.4) is 0 Å². The van der Waals surface area contributed by atoms with Gasteiger partial charge in [-0.25, -0.2) is 0 Å². The lowest BCUT2D eigenvalue weighted by Gasteiger charge is -2.26. The predicted octanol–water partition coefficient (Wildman–Crippen LogP) is 2.25. The minimum atomic E-state index is -0.184. The van der Waals surface area contributed by atoms with Crippen LogP contribution in [-0.2, 0) is 23.1 Å². The number of carbonyl (C=O) groups excluding carboxylic acids is 2. The largest absolute Gasteiger partial charge is 0.484 e. The summed E-state index contributed by atoms with van der Waals surface area (Å²) in [6.07, 6.45) is 1.58. The monoisotopic (exact) mass is 411 g/mol. The molecule has 0 unspecified atom stereocenters. The van der Waals surface area contributed by atoms with E-state index in [0.717, 1.165) is 16.6 Å². The molecular formula is C22H25N3O5. The smallest absolute Gasteiger partial charge is 0.260 e. The normalized spacial score (nSPS) is 14.1. The van der Waals surface area contributed by atoms with Gasteiger partial charge in [-0.05, 0) is 37.3 Å². The Labute approximate surface area is 174 Å². The van der Waals surface area contributed by atoms with Crippen LogP contribution in [-0.4, -0.2) is 54.2 Å². The molecule has 4 rings (SSSR count). The van der Waals surface area contributed by atoms with Crippen molar-refractivity contribution in [3.63, 3.8) is 0 Å². The fraction of sp³-hybridized carbons (Fsp3) is 0.364.